The summed E-state index contributed by atoms with van der Waals surface area (Å²) in [5, 5.41) is 23.1. The van der Waals surface area contributed by atoms with Gasteiger partial charge in [-0.3, -0.25) is 4.79 Å². The number of aliphatic hydroxyl groups excluding tert-OH is 1. The molecule has 3 aromatic carbocycles. The number of hydrogen-bond donors (Lipinski definition) is 3. The minimum Gasteiger partial charge on any atom is -0.493 e. The summed E-state index contributed by atoms with van der Waals surface area (Å²) in [7, 11) is 0. The smallest absolute Gasteiger partial charge is 0.255 e. The summed E-state index contributed by atoms with van der Waals surface area (Å²) >= 11 is 0. The predicted molar refractivity (Wildman–Crippen MR) is 139 cm³/mol. The maximum Gasteiger partial charge on any atom is 0.255 e. The third-order valence-electron chi connectivity index (χ3n) is 5.93. The van der Waals surface area contributed by atoms with Crippen LogP contribution in [0.3, 0.4) is 0 Å². The molecule has 0 fully saturated rings. The van der Waals surface area contributed by atoms with Crippen molar-refractivity contribution < 1.29 is 16.1 Å². The second-order valence-electron chi connectivity index (χ2n) is 8.51. The molecule has 1 amide bonds. The molecular formula is C29H31N3O3. The number of hydrogen-bond acceptors (Lipinski definition) is 4. The summed E-state index contributed by atoms with van der Waals surface area (Å²) in [5.41, 5.74) is 5.17. The molecule has 0 radical (unpaired) electrons. The zero-order valence-electron chi connectivity index (χ0n) is 19.8. The first-order chi connectivity index (χ1) is 17.1. The fourth-order valence-corrected chi connectivity index (χ4v) is 4.17. The molecule has 0 unspecified atom stereocenters. The zero-order chi connectivity index (χ0) is 24.6. The van der Waals surface area contributed by atoms with E-state index >= 15 is 0 Å². The Morgan fingerprint density at radius 2 is 1.97 bits per heavy atom. The first kappa shape index (κ1) is 24.1. The van der Waals surface area contributed by atoms with E-state index in [0.717, 1.165) is 39.6 Å². The van der Waals surface area contributed by atoms with Crippen molar-refractivity contribution in [3.8, 4) is 22.9 Å². The van der Waals surface area contributed by atoms with Crippen molar-refractivity contribution in [2.24, 2.45) is 0 Å². The van der Waals surface area contributed by atoms with Gasteiger partial charge in [-0.25, -0.2) is 0 Å². The number of benzene rings is 3. The number of para-hydroxylation sites is 1. The van der Waals surface area contributed by atoms with E-state index in [9.17, 15) is 9.90 Å². The summed E-state index contributed by atoms with van der Waals surface area (Å²) in [6.07, 6.45) is 3.56. The molecule has 0 bridgehead atoms. The Labute approximate surface area is 206 Å². The number of aromatic amines is 1. The van der Waals surface area contributed by atoms with E-state index < -0.39 is 6.04 Å². The first-order valence-electron chi connectivity index (χ1n) is 11.8. The number of amides is 1. The van der Waals surface area contributed by atoms with Crippen LogP contribution < -0.4 is 10.1 Å². The van der Waals surface area contributed by atoms with E-state index in [1.54, 1.807) is 0 Å². The molecule has 1 heterocycles. The Balaban J connectivity index is 0.00000361. The van der Waals surface area contributed by atoms with Crippen LogP contribution in [-0.4, -0.2) is 35.3 Å². The molecule has 1 aromatic heterocycles. The Hall–Kier alpha value is -4.08. The molecule has 180 valence electrons. The molecule has 0 aliphatic carbocycles. The lowest BCUT2D eigenvalue weighted by Gasteiger charge is -2.18. The molecule has 6 nitrogen and oxygen atoms in total. The van der Waals surface area contributed by atoms with Gasteiger partial charge >= 0.3 is 0 Å². The number of fused-ring (bicyclic) bond motifs is 1. The number of nitrogens with one attached hydrogen (secondary N) is 2. The normalized spacial score (nSPS) is 11.7. The number of ether oxygens (including phenoxy) is 1. The molecule has 0 saturated heterocycles. The second-order valence-corrected chi connectivity index (χ2v) is 8.51. The molecule has 0 spiro atoms. The van der Waals surface area contributed by atoms with Crippen LogP contribution in [-0.2, 0) is 12.8 Å². The van der Waals surface area contributed by atoms with Gasteiger partial charge in [0.25, 0.3) is 5.91 Å². The van der Waals surface area contributed by atoms with Gasteiger partial charge in [0.1, 0.15) is 5.75 Å². The van der Waals surface area contributed by atoms with Crippen LogP contribution in [0.15, 0.2) is 72.9 Å². The molecule has 0 aliphatic heterocycles. The maximum absolute atomic E-state index is 13.4. The number of nitrogens with zero attached hydrogens (tertiary/aromatic N) is 1. The van der Waals surface area contributed by atoms with Gasteiger partial charge in [0, 0.05) is 18.5 Å². The zero-order valence-corrected chi connectivity index (χ0v) is 19.8. The van der Waals surface area contributed by atoms with E-state index in [1.807, 2.05) is 79.9 Å². The highest BCUT2D eigenvalue weighted by atomic mass is 16.5. The quantitative estimate of drug-likeness (QED) is 0.295. The summed E-state index contributed by atoms with van der Waals surface area (Å²) in [5.74, 6) is 0.204. The van der Waals surface area contributed by atoms with Crippen LogP contribution in [0.5, 0.6) is 5.75 Å². The van der Waals surface area contributed by atoms with Crippen molar-refractivity contribution in [3.05, 3.63) is 89.6 Å². The van der Waals surface area contributed by atoms with Gasteiger partial charge in [0.2, 0.25) is 0 Å². The number of aromatic nitrogens is 1. The third kappa shape index (κ3) is 5.71. The second kappa shape index (κ2) is 11.4. The van der Waals surface area contributed by atoms with Crippen LogP contribution in [0.4, 0.5) is 0 Å². The van der Waals surface area contributed by atoms with Crippen LogP contribution in [0.25, 0.3) is 22.0 Å². The van der Waals surface area contributed by atoms with Crippen molar-refractivity contribution in [1.82, 2.24) is 10.3 Å². The Kier molecular flexibility index (Phi) is 7.81. The molecule has 35 heavy (non-hydrogen) atoms. The highest BCUT2D eigenvalue weighted by molar-refractivity contribution is 5.98. The maximum atomic E-state index is 13.4. The number of aliphatic hydroxyl groups is 1. The lowest BCUT2D eigenvalue weighted by atomic mass is 9.99. The highest BCUT2D eigenvalue weighted by Crippen LogP contribution is 2.28. The first-order valence-corrected chi connectivity index (χ1v) is 11.8. The van der Waals surface area contributed by atoms with Crippen LogP contribution in [0.2, 0.25) is 0 Å². The Morgan fingerprint density at radius 1 is 1.14 bits per heavy atom. The van der Waals surface area contributed by atoms with E-state index in [2.05, 4.69) is 16.4 Å². The lowest BCUT2D eigenvalue weighted by molar-refractivity contribution is 0.0912. The van der Waals surface area contributed by atoms with Gasteiger partial charge in [-0.15, -0.1) is 0 Å². The molecular weight excluding hydrogens is 438 g/mol. The Morgan fingerprint density at radius 3 is 2.77 bits per heavy atom. The molecule has 4 rings (SSSR count). The van der Waals surface area contributed by atoms with Gasteiger partial charge in [-0.05, 0) is 53.3 Å². The molecule has 3 N–H and O–H groups in total. The van der Waals surface area contributed by atoms with Gasteiger partial charge < -0.3 is 20.1 Å². The van der Waals surface area contributed by atoms with E-state index in [4.69, 9.17) is 10.00 Å². The van der Waals surface area contributed by atoms with Crippen molar-refractivity contribution in [2.45, 2.75) is 32.2 Å². The lowest BCUT2D eigenvalue weighted by Crippen LogP contribution is -2.39. The SMILES string of the molecule is CCCOc1ccc(-c2cccc(CC#N)c2)cc1C(=O)N[C@H](CO)Cc1c[nH]c2ccccc12.[HH]. The third-order valence-corrected chi connectivity index (χ3v) is 5.93. The van der Waals surface area contributed by atoms with Crippen molar-refractivity contribution in [3.63, 3.8) is 0 Å². The monoisotopic (exact) mass is 469 g/mol. The average molecular weight is 470 g/mol. The topological polar surface area (TPSA) is 98.1 Å². The fourth-order valence-electron chi connectivity index (χ4n) is 4.17. The van der Waals surface area contributed by atoms with Gasteiger partial charge in [0.15, 0.2) is 0 Å². The van der Waals surface area contributed by atoms with E-state index in [-0.39, 0.29) is 13.9 Å². The van der Waals surface area contributed by atoms with Crippen molar-refractivity contribution in [2.75, 3.05) is 13.2 Å². The van der Waals surface area contributed by atoms with Gasteiger partial charge in [-0.2, -0.15) is 5.26 Å². The van der Waals surface area contributed by atoms with Crippen LogP contribution in [0, 0.1) is 11.3 Å². The van der Waals surface area contributed by atoms with Crippen molar-refractivity contribution >= 4 is 16.8 Å². The number of rotatable bonds is 10. The van der Waals surface area contributed by atoms with Crippen LogP contribution in [0.1, 0.15) is 36.3 Å². The number of carbonyl (C=O) groups is 1. The van der Waals surface area contributed by atoms with Gasteiger partial charge in [-0.1, -0.05) is 55.5 Å². The van der Waals surface area contributed by atoms with Gasteiger partial charge in [0.05, 0.1) is 37.3 Å². The highest BCUT2D eigenvalue weighted by Gasteiger charge is 2.19. The summed E-state index contributed by atoms with van der Waals surface area (Å²) in [4.78, 5) is 16.6. The number of nitriles is 1. The number of carbonyl (C=O) groups excluding carboxylic acids is 1. The molecule has 6 heteroatoms. The average Bonchev–Trinajstić information content (AvgIpc) is 3.30. The molecule has 1 atom stereocenters. The van der Waals surface area contributed by atoms with Crippen molar-refractivity contribution in [1.29, 1.82) is 5.26 Å². The summed E-state index contributed by atoms with van der Waals surface area (Å²) in [6, 6.07) is 23.0. The molecule has 4 aromatic rings. The van der Waals surface area contributed by atoms with E-state index in [1.165, 1.54) is 0 Å². The minimum absolute atomic E-state index is 0. The minimum atomic E-state index is -0.455. The molecule has 0 saturated carbocycles. The largest absolute Gasteiger partial charge is 0.493 e. The fraction of sp³-hybridized carbons (Fsp3) is 0.241. The molecule has 0 aliphatic rings. The Bertz CT molecular complexity index is 1360. The number of H-pyrrole nitrogens is 1. The van der Waals surface area contributed by atoms with Crippen LogP contribution >= 0.6 is 0 Å². The standard InChI is InChI=1S/C29H29N3O3.H2/c1-2-14-35-28-11-10-22(21-7-5-6-20(15-21)12-13-30)17-26(28)29(34)32-24(19-33)16-23-18-31-27-9-4-3-8-25(23)27;/h3-11,15,17-18,24,31,33H,2,12,14,16,19H2,1H3,(H,32,34);1H/t24-;/m0./s1. The summed E-state index contributed by atoms with van der Waals surface area (Å²) < 4.78 is 5.87. The van der Waals surface area contributed by atoms with E-state index in [0.29, 0.717) is 30.8 Å². The summed E-state index contributed by atoms with van der Waals surface area (Å²) in [6.45, 7) is 2.32. The predicted octanol–water partition coefficient (Wildman–Crippen LogP) is 5.27.